The van der Waals surface area contributed by atoms with E-state index in [0.717, 1.165) is 11.1 Å². The van der Waals surface area contributed by atoms with Crippen molar-refractivity contribution in [2.24, 2.45) is 0 Å². The monoisotopic (exact) mass is 438 g/mol. The lowest BCUT2D eigenvalue weighted by Gasteiger charge is -2.16. The largest absolute Gasteiger partial charge is 0.449 e. The zero-order chi connectivity index (χ0) is 20.1. The Hall–Kier alpha value is -3.12. The van der Waals surface area contributed by atoms with Crippen molar-refractivity contribution in [3.05, 3.63) is 82.8 Å². The van der Waals surface area contributed by atoms with Crippen molar-refractivity contribution < 1.29 is 14.3 Å². The third-order valence-corrected chi connectivity index (χ3v) is 4.65. The van der Waals surface area contributed by atoms with Crippen molar-refractivity contribution in [1.29, 1.82) is 0 Å². The minimum atomic E-state index is -0.991. The maximum absolute atomic E-state index is 12.6. The molecule has 0 aliphatic rings. The molecule has 3 N–H and O–H groups in total. The van der Waals surface area contributed by atoms with E-state index in [-0.39, 0.29) is 11.3 Å². The number of para-hydroxylation sites is 1. The molecule has 0 bridgehead atoms. The maximum Gasteiger partial charge on any atom is 0.341 e. The molecule has 5 nitrogen and oxygen atoms in total. The van der Waals surface area contributed by atoms with Gasteiger partial charge in [-0.2, -0.15) is 0 Å². The van der Waals surface area contributed by atoms with Gasteiger partial charge in [-0.3, -0.25) is 4.79 Å². The molecule has 0 aromatic heterocycles. The van der Waals surface area contributed by atoms with Gasteiger partial charge in [-0.1, -0.05) is 64.5 Å². The minimum Gasteiger partial charge on any atom is -0.449 e. The molecule has 0 aliphatic heterocycles. The first-order chi connectivity index (χ1) is 13.5. The molecule has 3 aromatic rings. The summed E-state index contributed by atoms with van der Waals surface area (Å²) in [5.41, 5.74) is 8.82. The van der Waals surface area contributed by atoms with Crippen LogP contribution in [-0.4, -0.2) is 18.0 Å². The van der Waals surface area contributed by atoms with Gasteiger partial charge in [0.2, 0.25) is 0 Å². The van der Waals surface area contributed by atoms with Crippen LogP contribution in [0.3, 0.4) is 0 Å². The Morgan fingerprint density at radius 2 is 1.68 bits per heavy atom. The number of nitrogen functional groups attached to an aromatic ring is 1. The number of hydrogen-bond acceptors (Lipinski definition) is 4. The van der Waals surface area contributed by atoms with Gasteiger partial charge in [0.25, 0.3) is 5.91 Å². The summed E-state index contributed by atoms with van der Waals surface area (Å²) in [6, 6.07) is 22.1. The third kappa shape index (κ3) is 4.58. The van der Waals surface area contributed by atoms with Crippen LogP contribution >= 0.6 is 15.9 Å². The number of nitrogens with one attached hydrogen (secondary N) is 1. The van der Waals surface area contributed by atoms with Gasteiger partial charge in [-0.15, -0.1) is 0 Å². The lowest BCUT2D eigenvalue weighted by atomic mass is 10.0. The van der Waals surface area contributed by atoms with Crippen LogP contribution in [-0.2, 0) is 9.53 Å². The van der Waals surface area contributed by atoms with Crippen LogP contribution in [0.25, 0.3) is 11.1 Å². The fourth-order valence-corrected chi connectivity index (χ4v) is 3.04. The highest BCUT2D eigenvalue weighted by Gasteiger charge is 2.21. The highest BCUT2D eigenvalue weighted by Crippen LogP contribution is 2.28. The van der Waals surface area contributed by atoms with E-state index in [1.54, 1.807) is 24.3 Å². The van der Waals surface area contributed by atoms with Crippen molar-refractivity contribution in [3.8, 4) is 11.1 Å². The fourth-order valence-electron chi connectivity index (χ4n) is 2.68. The molecule has 1 atom stereocenters. The van der Waals surface area contributed by atoms with Crippen LogP contribution in [0.4, 0.5) is 11.4 Å². The molecule has 0 saturated carbocycles. The second-order valence-corrected chi connectivity index (χ2v) is 7.10. The Kier molecular flexibility index (Phi) is 6.11. The topological polar surface area (TPSA) is 81.4 Å². The quantitative estimate of drug-likeness (QED) is 0.439. The van der Waals surface area contributed by atoms with Crippen molar-refractivity contribution in [1.82, 2.24) is 0 Å². The Morgan fingerprint density at radius 3 is 2.43 bits per heavy atom. The number of nitrogens with two attached hydrogens (primary N) is 1. The molecule has 0 heterocycles. The zero-order valence-electron chi connectivity index (χ0n) is 15.2. The molecule has 28 heavy (non-hydrogen) atoms. The van der Waals surface area contributed by atoms with E-state index in [1.165, 1.54) is 6.92 Å². The van der Waals surface area contributed by atoms with Crippen molar-refractivity contribution in [3.63, 3.8) is 0 Å². The SMILES string of the molecule is CC(OC(=O)c1cc(Br)ccc1N)C(=O)Nc1ccccc1-c1ccccc1. The lowest BCUT2D eigenvalue weighted by molar-refractivity contribution is -0.123. The van der Waals surface area contributed by atoms with Crippen LogP contribution in [0.1, 0.15) is 17.3 Å². The Balaban J connectivity index is 1.73. The molecule has 6 heteroatoms. The molecule has 3 rings (SSSR count). The second kappa shape index (κ2) is 8.71. The molecule has 0 radical (unpaired) electrons. The molecule has 0 spiro atoms. The summed E-state index contributed by atoms with van der Waals surface area (Å²) < 4.78 is 6.00. The summed E-state index contributed by atoms with van der Waals surface area (Å²) >= 11 is 3.29. The summed E-state index contributed by atoms with van der Waals surface area (Å²) in [5, 5.41) is 2.83. The first kappa shape index (κ1) is 19.6. The minimum absolute atomic E-state index is 0.207. The first-order valence-corrected chi connectivity index (χ1v) is 9.46. The number of esters is 1. The van der Waals surface area contributed by atoms with E-state index >= 15 is 0 Å². The smallest absolute Gasteiger partial charge is 0.341 e. The highest BCUT2D eigenvalue weighted by molar-refractivity contribution is 9.10. The van der Waals surface area contributed by atoms with Crippen molar-refractivity contribution in [2.45, 2.75) is 13.0 Å². The van der Waals surface area contributed by atoms with Crippen LogP contribution in [0.5, 0.6) is 0 Å². The molecule has 142 valence electrons. The number of carbonyl (C=O) groups excluding carboxylic acids is 2. The predicted octanol–water partition coefficient (Wildman–Crippen LogP) is 4.88. The average Bonchev–Trinajstić information content (AvgIpc) is 2.70. The second-order valence-electron chi connectivity index (χ2n) is 6.18. The van der Waals surface area contributed by atoms with E-state index in [4.69, 9.17) is 10.5 Å². The zero-order valence-corrected chi connectivity index (χ0v) is 16.8. The number of ether oxygens (including phenoxy) is 1. The maximum atomic E-state index is 12.6. The lowest BCUT2D eigenvalue weighted by Crippen LogP contribution is -2.30. The standard InChI is InChI=1S/C22H19BrN2O3/c1-14(28-22(27)18-13-16(23)11-12-19(18)24)21(26)25-20-10-6-5-9-17(20)15-7-3-2-4-8-15/h2-14H,24H2,1H3,(H,25,26). The Labute approximate surface area is 171 Å². The number of rotatable bonds is 5. The number of amides is 1. The summed E-state index contributed by atoms with van der Waals surface area (Å²) in [5.74, 6) is -1.08. The molecule has 0 fully saturated rings. The Morgan fingerprint density at radius 1 is 1.00 bits per heavy atom. The molecule has 3 aromatic carbocycles. The number of benzene rings is 3. The summed E-state index contributed by atoms with van der Waals surface area (Å²) in [4.78, 5) is 25.0. The van der Waals surface area contributed by atoms with Crippen LogP contribution in [0.15, 0.2) is 77.3 Å². The fraction of sp³-hybridized carbons (Fsp3) is 0.0909. The van der Waals surface area contributed by atoms with E-state index in [9.17, 15) is 9.59 Å². The van der Waals surface area contributed by atoms with Gasteiger partial charge < -0.3 is 15.8 Å². The normalized spacial score (nSPS) is 11.5. The van der Waals surface area contributed by atoms with Gasteiger partial charge in [0.05, 0.1) is 5.56 Å². The molecule has 1 unspecified atom stereocenters. The van der Waals surface area contributed by atoms with Gasteiger partial charge in [0.15, 0.2) is 6.10 Å². The molecular formula is C22H19BrN2O3. The Bertz CT molecular complexity index is 1010. The van der Waals surface area contributed by atoms with Gasteiger partial charge in [-0.05, 0) is 36.8 Å². The van der Waals surface area contributed by atoms with E-state index in [1.807, 2.05) is 48.5 Å². The van der Waals surface area contributed by atoms with E-state index in [2.05, 4.69) is 21.2 Å². The predicted molar refractivity (Wildman–Crippen MR) is 114 cm³/mol. The number of anilines is 2. The number of halogens is 1. The summed E-state index contributed by atoms with van der Waals surface area (Å²) in [6.45, 7) is 1.52. The summed E-state index contributed by atoms with van der Waals surface area (Å²) in [6.07, 6.45) is -0.991. The third-order valence-electron chi connectivity index (χ3n) is 4.16. The van der Waals surface area contributed by atoms with E-state index < -0.39 is 18.0 Å². The van der Waals surface area contributed by atoms with Crippen LogP contribution in [0.2, 0.25) is 0 Å². The van der Waals surface area contributed by atoms with Gasteiger partial charge >= 0.3 is 5.97 Å². The highest BCUT2D eigenvalue weighted by atomic mass is 79.9. The van der Waals surface area contributed by atoms with E-state index in [0.29, 0.717) is 10.2 Å². The van der Waals surface area contributed by atoms with Crippen LogP contribution in [0, 0.1) is 0 Å². The van der Waals surface area contributed by atoms with Gasteiger partial charge in [0.1, 0.15) is 0 Å². The van der Waals surface area contributed by atoms with Crippen molar-refractivity contribution >= 4 is 39.2 Å². The van der Waals surface area contributed by atoms with Crippen LogP contribution < -0.4 is 11.1 Å². The first-order valence-electron chi connectivity index (χ1n) is 8.67. The summed E-state index contributed by atoms with van der Waals surface area (Å²) in [7, 11) is 0. The molecular weight excluding hydrogens is 420 g/mol. The average molecular weight is 439 g/mol. The molecule has 0 saturated heterocycles. The van der Waals surface area contributed by atoms with Crippen molar-refractivity contribution in [2.75, 3.05) is 11.1 Å². The van der Waals surface area contributed by atoms with Gasteiger partial charge in [0, 0.05) is 21.4 Å². The number of carbonyl (C=O) groups is 2. The molecule has 0 aliphatic carbocycles. The molecule has 1 amide bonds. The van der Waals surface area contributed by atoms with Gasteiger partial charge in [-0.25, -0.2) is 4.79 Å². The number of hydrogen-bond donors (Lipinski definition) is 2.